The van der Waals surface area contributed by atoms with Crippen molar-refractivity contribution in [2.45, 2.75) is 63.5 Å². The Morgan fingerprint density at radius 2 is 1.66 bits per heavy atom. The van der Waals surface area contributed by atoms with E-state index in [0.29, 0.717) is 24.5 Å². The topological polar surface area (TPSA) is 111 Å². The lowest BCUT2D eigenvalue weighted by atomic mass is 9.84. The molecule has 1 unspecified atom stereocenters. The number of benzene rings is 2. The molecule has 188 valence electrons. The maximum Gasteiger partial charge on any atom is 0.407 e. The summed E-state index contributed by atoms with van der Waals surface area (Å²) in [5.41, 5.74) is 8.00. The van der Waals surface area contributed by atoms with Crippen LogP contribution in [-0.2, 0) is 20.9 Å². The predicted octanol–water partition coefficient (Wildman–Crippen LogP) is 4.47. The quantitative estimate of drug-likeness (QED) is 0.457. The van der Waals surface area contributed by atoms with E-state index in [4.69, 9.17) is 10.5 Å². The zero-order valence-corrected chi connectivity index (χ0v) is 19.9. The van der Waals surface area contributed by atoms with Crippen molar-refractivity contribution in [2.75, 3.05) is 6.54 Å². The van der Waals surface area contributed by atoms with Gasteiger partial charge in [-0.3, -0.25) is 9.59 Å². The summed E-state index contributed by atoms with van der Waals surface area (Å²) in [4.78, 5) is 32.6. The van der Waals surface area contributed by atoms with Gasteiger partial charge in [0.25, 0.3) is 0 Å². The van der Waals surface area contributed by atoms with Gasteiger partial charge in [-0.25, -0.2) is 9.18 Å². The van der Waals surface area contributed by atoms with Crippen LogP contribution < -0.4 is 16.4 Å². The Bertz CT molecular complexity index is 955. The Kier molecular flexibility index (Phi) is 10.1. The molecule has 7 nitrogen and oxygen atoms in total. The van der Waals surface area contributed by atoms with Crippen molar-refractivity contribution < 1.29 is 23.5 Å². The van der Waals surface area contributed by atoms with Gasteiger partial charge in [-0.1, -0.05) is 55.7 Å². The molecule has 2 saturated carbocycles. The number of nitrogens with one attached hydrogen (secondary N) is 2. The van der Waals surface area contributed by atoms with E-state index < -0.39 is 17.8 Å². The Balaban J connectivity index is 0.000000214. The van der Waals surface area contributed by atoms with Crippen LogP contribution in [0.25, 0.3) is 0 Å². The molecule has 0 bridgehead atoms. The SMILES string of the molecule is NC(=O)C(NC=O)c1ccc(F)cc1.O=C(NCC1CC1)OCc1ccc(C2CCCCC2)cc1. The third-order valence-corrected chi connectivity index (χ3v) is 6.38. The van der Waals surface area contributed by atoms with Crippen LogP contribution in [0.15, 0.2) is 48.5 Å². The van der Waals surface area contributed by atoms with Gasteiger partial charge in [0.1, 0.15) is 18.5 Å². The summed E-state index contributed by atoms with van der Waals surface area (Å²) in [5, 5.41) is 5.06. The highest BCUT2D eigenvalue weighted by Crippen LogP contribution is 2.32. The first-order chi connectivity index (χ1) is 17.0. The minimum atomic E-state index is -0.909. The number of ether oxygens (including phenoxy) is 1. The number of hydrogen-bond donors (Lipinski definition) is 3. The molecule has 0 aliphatic heterocycles. The number of carbonyl (C=O) groups is 3. The molecule has 2 aliphatic carbocycles. The van der Waals surface area contributed by atoms with Gasteiger partial charge in [0.15, 0.2) is 0 Å². The second-order valence-electron chi connectivity index (χ2n) is 9.15. The van der Waals surface area contributed by atoms with Crippen LogP contribution in [0.1, 0.15) is 73.6 Å². The minimum absolute atomic E-state index is 0.293. The summed E-state index contributed by atoms with van der Waals surface area (Å²) in [6.07, 6.45) is 9.30. The number of nitrogens with two attached hydrogens (primary N) is 1. The molecule has 0 aromatic heterocycles. The fraction of sp³-hybridized carbons (Fsp3) is 0.444. The van der Waals surface area contributed by atoms with E-state index in [2.05, 4.69) is 34.9 Å². The molecule has 8 heteroatoms. The zero-order valence-electron chi connectivity index (χ0n) is 19.9. The zero-order chi connectivity index (χ0) is 25.0. The Morgan fingerprint density at radius 3 is 2.23 bits per heavy atom. The summed E-state index contributed by atoms with van der Waals surface area (Å²) in [6.45, 7) is 1.13. The van der Waals surface area contributed by atoms with E-state index in [1.807, 2.05) is 0 Å². The summed E-state index contributed by atoms with van der Waals surface area (Å²) >= 11 is 0. The molecule has 2 aromatic rings. The molecule has 4 rings (SSSR count). The molecule has 1 atom stereocenters. The van der Waals surface area contributed by atoms with Crippen LogP contribution in [0.4, 0.5) is 9.18 Å². The van der Waals surface area contributed by atoms with Gasteiger partial charge in [0.05, 0.1) is 0 Å². The molecule has 0 spiro atoms. The number of rotatable bonds is 9. The lowest BCUT2D eigenvalue weighted by Gasteiger charge is -2.22. The molecule has 0 radical (unpaired) electrons. The van der Waals surface area contributed by atoms with E-state index in [1.54, 1.807) is 0 Å². The molecule has 2 aliphatic rings. The van der Waals surface area contributed by atoms with E-state index in [1.165, 1.54) is 74.8 Å². The van der Waals surface area contributed by atoms with Crippen LogP contribution in [0, 0.1) is 11.7 Å². The van der Waals surface area contributed by atoms with E-state index in [-0.39, 0.29) is 6.09 Å². The van der Waals surface area contributed by atoms with E-state index >= 15 is 0 Å². The van der Waals surface area contributed by atoms with Crippen molar-refractivity contribution in [3.05, 3.63) is 71.0 Å². The first-order valence-electron chi connectivity index (χ1n) is 12.2. The standard InChI is InChI=1S/C18H25NO2.C9H9FN2O2/c20-18(19-12-14-6-7-14)21-13-15-8-10-17(11-9-15)16-4-2-1-3-5-16;10-7-3-1-6(2-4-7)8(9(11)14)12-5-13/h8-11,14,16H,1-7,12-13H2,(H,19,20);1-5,8H,(H2,11,14)(H,12,13). The lowest BCUT2D eigenvalue weighted by Crippen LogP contribution is -2.32. The highest BCUT2D eigenvalue weighted by Gasteiger charge is 2.22. The third-order valence-electron chi connectivity index (χ3n) is 6.38. The van der Waals surface area contributed by atoms with Crippen molar-refractivity contribution in [3.8, 4) is 0 Å². The number of primary amides is 1. The molecule has 4 N–H and O–H groups in total. The average Bonchev–Trinajstić information content (AvgIpc) is 3.71. The third kappa shape index (κ3) is 9.03. The summed E-state index contributed by atoms with van der Waals surface area (Å²) in [7, 11) is 0. The van der Waals surface area contributed by atoms with Gasteiger partial charge in [0, 0.05) is 6.54 Å². The van der Waals surface area contributed by atoms with Crippen molar-refractivity contribution in [1.82, 2.24) is 10.6 Å². The Labute approximate surface area is 205 Å². The first-order valence-corrected chi connectivity index (χ1v) is 12.2. The van der Waals surface area contributed by atoms with Crippen LogP contribution in [0.3, 0.4) is 0 Å². The Hall–Kier alpha value is -3.42. The largest absolute Gasteiger partial charge is 0.445 e. The monoisotopic (exact) mass is 483 g/mol. The van der Waals surface area contributed by atoms with Crippen molar-refractivity contribution in [2.24, 2.45) is 11.7 Å². The highest BCUT2D eigenvalue weighted by molar-refractivity contribution is 5.83. The van der Waals surface area contributed by atoms with Crippen molar-refractivity contribution in [1.29, 1.82) is 0 Å². The lowest BCUT2D eigenvalue weighted by molar-refractivity contribution is -0.122. The average molecular weight is 484 g/mol. The summed E-state index contributed by atoms with van der Waals surface area (Å²) in [6, 6.07) is 12.9. The second-order valence-corrected chi connectivity index (χ2v) is 9.15. The second kappa shape index (κ2) is 13.5. The fourth-order valence-corrected chi connectivity index (χ4v) is 4.14. The van der Waals surface area contributed by atoms with Gasteiger partial charge >= 0.3 is 6.09 Å². The predicted molar refractivity (Wildman–Crippen MR) is 131 cm³/mol. The minimum Gasteiger partial charge on any atom is -0.445 e. The van der Waals surface area contributed by atoms with Gasteiger partial charge in [-0.15, -0.1) is 0 Å². The summed E-state index contributed by atoms with van der Waals surface area (Å²) < 4.78 is 17.8. The molecule has 3 amide bonds. The smallest absolute Gasteiger partial charge is 0.407 e. The van der Waals surface area contributed by atoms with Crippen LogP contribution in [0.5, 0.6) is 0 Å². The molecule has 2 fully saturated rings. The molecule has 0 saturated heterocycles. The molecule has 2 aromatic carbocycles. The van der Waals surface area contributed by atoms with Gasteiger partial charge < -0.3 is 21.1 Å². The number of amides is 3. The van der Waals surface area contributed by atoms with Gasteiger partial charge in [-0.2, -0.15) is 0 Å². The molecule has 0 heterocycles. The maximum atomic E-state index is 12.5. The van der Waals surface area contributed by atoms with Crippen molar-refractivity contribution >= 4 is 18.4 Å². The number of alkyl carbamates (subject to hydrolysis) is 1. The summed E-state index contributed by atoms with van der Waals surface area (Å²) in [5.74, 6) is 0.315. The molecular formula is C27H34FN3O4. The molecule has 35 heavy (non-hydrogen) atoms. The van der Waals surface area contributed by atoms with Gasteiger partial charge in [-0.05, 0) is 66.3 Å². The van der Waals surface area contributed by atoms with E-state index in [9.17, 15) is 18.8 Å². The van der Waals surface area contributed by atoms with Crippen LogP contribution >= 0.6 is 0 Å². The van der Waals surface area contributed by atoms with Crippen LogP contribution in [-0.4, -0.2) is 25.0 Å². The van der Waals surface area contributed by atoms with Crippen molar-refractivity contribution in [3.63, 3.8) is 0 Å². The number of hydrogen-bond acceptors (Lipinski definition) is 4. The van der Waals surface area contributed by atoms with E-state index in [0.717, 1.165) is 18.0 Å². The number of halogens is 1. The maximum absolute atomic E-state index is 12.5. The van der Waals surface area contributed by atoms with Gasteiger partial charge in [0.2, 0.25) is 12.3 Å². The fourth-order valence-electron chi connectivity index (χ4n) is 4.14. The normalized spacial score (nSPS) is 16.3. The Morgan fingerprint density at radius 1 is 1.00 bits per heavy atom. The first kappa shape index (κ1) is 26.2. The highest BCUT2D eigenvalue weighted by atomic mass is 19.1. The molecular weight excluding hydrogens is 449 g/mol. The number of carbonyl (C=O) groups excluding carboxylic acids is 3. The van der Waals surface area contributed by atoms with Crippen LogP contribution in [0.2, 0.25) is 0 Å².